The Morgan fingerprint density at radius 1 is 1.41 bits per heavy atom. The van der Waals surface area contributed by atoms with Gasteiger partial charge in [-0.3, -0.25) is 0 Å². The molecule has 0 unspecified atom stereocenters. The minimum atomic E-state index is -5.42. The second kappa shape index (κ2) is 4.11. The molecule has 10 heteroatoms. The monoisotopic (exact) mass is 258 g/mol. The molecule has 0 aliphatic rings. The summed E-state index contributed by atoms with van der Waals surface area (Å²) in [6, 6.07) is 0. The van der Waals surface area contributed by atoms with Crippen molar-refractivity contribution in [2.24, 2.45) is 0 Å². The summed E-state index contributed by atoms with van der Waals surface area (Å²) < 4.78 is 62.0. The molecule has 0 bridgehead atoms. The summed E-state index contributed by atoms with van der Waals surface area (Å²) in [5, 5.41) is 19.1. The molecule has 17 heavy (non-hydrogen) atoms. The van der Waals surface area contributed by atoms with E-state index in [0.29, 0.717) is 0 Å². The molecule has 0 fully saturated rings. The molecule has 0 radical (unpaired) electrons. The summed E-state index contributed by atoms with van der Waals surface area (Å²) in [5.41, 5.74) is -4.09. The highest BCUT2D eigenvalue weighted by molar-refractivity contribution is 5.48. The van der Waals surface area contributed by atoms with Crippen molar-refractivity contribution in [3.05, 3.63) is 27.4 Å². The Morgan fingerprint density at radius 3 is 2.29 bits per heavy atom. The fraction of sp³-hybridized carbons (Fsp3) is 0.286. The van der Waals surface area contributed by atoms with Crippen molar-refractivity contribution in [2.75, 3.05) is 0 Å². The Balaban J connectivity index is 3.68. The van der Waals surface area contributed by atoms with E-state index in [1.54, 1.807) is 0 Å². The quantitative estimate of drug-likeness (QED) is 0.502. The van der Waals surface area contributed by atoms with Crippen LogP contribution in [0.4, 0.5) is 27.8 Å². The Hall–Kier alpha value is -2.00. The van der Waals surface area contributed by atoms with Crippen LogP contribution in [0.15, 0.2) is 6.20 Å². The smallest absolute Gasteiger partial charge is 0.425 e. The molecule has 0 saturated carbocycles. The largest absolute Gasteiger partial charge is 0.504 e. The van der Waals surface area contributed by atoms with Gasteiger partial charge >= 0.3 is 12.0 Å². The number of hydrogen-bond acceptors (Lipinski definition) is 4. The maximum absolute atomic E-state index is 12.4. The lowest BCUT2D eigenvalue weighted by atomic mass is 10.1. The van der Waals surface area contributed by atoms with Crippen molar-refractivity contribution >= 4 is 5.82 Å². The highest BCUT2D eigenvalue weighted by atomic mass is 19.4. The molecule has 0 saturated heterocycles. The lowest BCUT2D eigenvalue weighted by molar-refractivity contribution is -0.393. The predicted octanol–water partition coefficient (Wildman–Crippen LogP) is 2.65. The third-order valence-electron chi connectivity index (χ3n) is 1.75. The fourth-order valence-corrected chi connectivity index (χ4v) is 1.14. The molecule has 0 spiro atoms. The Morgan fingerprint density at radius 2 is 1.94 bits per heavy atom. The summed E-state index contributed by atoms with van der Waals surface area (Å²) in [7, 11) is 0. The minimum Gasteiger partial charge on any atom is -0.504 e. The highest BCUT2D eigenvalue weighted by Crippen LogP contribution is 2.44. The summed E-state index contributed by atoms with van der Waals surface area (Å²) in [6.45, 7) is 0. The SMILES string of the molecule is O=[N+]([O-])c1ncc(O)c(C(F)F)c1C(F)(F)F. The zero-order chi connectivity index (χ0) is 13.4. The van der Waals surface area contributed by atoms with E-state index in [9.17, 15) is 32.1 Å². The number of pyridine rings is 1. The number of hydrogen-bond donors (Lipinski definition) is 1. The molecule has 0 amide bonds. The first-order valence-electron chi connectivity index (χ1n) is 3.87. The van der Waals surface area contributed by atoms with Gasteiger partial charge in [0.2, 0.25) is 0 Å². The Kier molecular flexibility index (Phi) is 3.16. The molecule has 0 aromatic carbocycles. The average molecular weight is 258 g/mol. The number of alkyl halides is 5. The zero-order valence-corrected chi connectivity index (χ0v) is 7.70. The molecular formula is C7H3F5N2O3. The van der Waals surface area contributed by atoms with Crippen molar-refractivity contribution in [3.8, 4) is 5.75 Å². The van der Waals surface area contributed by atoms with Gasteiger partial charge in [-0.1, -0.05) is 0 Å². The molecule has 5 nitrogen and oxygen atoms in total. The number of nitrogens with zero attached hydrogens (tertiary/aromatic N) is 2. The topological polar surface area (TPSA) is 76.3 Å². The van der Waals surface area contributed by atoms with Crippen LogP contribution in [0.1, 0.15) is 17.6 Å². The van der Waals surface area contributed by atoms with Crippen LogP contribution >= 0.6 is 0 Å². The molecule has 0 aliphatic heterocycles. The van der Waals surface area contributed by atoms with Crippen LogP contribution in [0.2, 0.25) is 0 Å². The molecule has 0 aliphatic carbocycles. The lowest BCUT2D eigenvalue weighted by Gasteiger charge is -2.12. The predicted molar refractivity (Wildman–Crippen MR) is 42.5 cm³/mol. The van der Waals surface area contributed by atoms with Crippen LogP contribution in [-0.2, 0) is 6.18 Å². The number of halogens is 5. The van der Waals surface area contributed by atoms with Crippen LogP contribution < -0.4 is 0 Å². The molecular weight excluding hydrogens is 255 g/mol. The number of aromatic nitrogens is 1. The first kappa shape index (κ1) is 13.1. The second-order valence-electron chi connectivity index (χ2n) is 2.81. The summed E-state index contributed by atoms with van der Waals surface area (Å²) in [4.78, 5) is 11.4. The molecule has 1 heterocycles. The van der Waals surface area contributed by atoms with Gasteiger partial charge in [-0.05, 0) is 9.91 Å². The van der Waals surface area contributed by atoms with Gasteiger partial charge in [-0.15, -0.1) is 0 Å². The van der Waals surface area contributed by atoms with Crippen LogP contribution in [0, 0.1) is 10.1 Å². The first-order chi connectivity index (χ1) is 7.66. The van der Waals surface area contributed by atoms with Crippen LogP contribution in [-0.4, -0.2) is 15.0 Å². The van der Waals surface area contributed by atoms with E-state index in [1.807, 2.05) is 0 Å². The normalized spacial score (nSPS) is 11.9. The third-order valence-corrected chi connectivity index (χ3v) is 1.75. The van der Waals surface area contributed by atoms with Gasteiger partial charge in [0.1, 0.15) is 0 Å². The molecule has 1 rings (SSSR count). The van der Waals surface area contributed by atoms with Gasteiger partial charge in [-0.2, -0.15) is 13.2 Å². The molecule has 94 valence electrons. The molecule has 1 N–H and O–H groups in total. The fourth-order valence-electron chi connectivity index (χ4n) is 1.14. The molecule has 0 atom stereocenters. The van der Waals surface area contributed by atoms with Crippen molar-refractivity contribution in [1.82, 2.24) is 4.98 Å². The third kappa shape index (κ3) is 2.40. The summed E-state index contributed by atoms with van der Waals surface area (Å²) in [6.07, 6.45) is -8.96. The van der Waals surface area contributed by atoms with Crippen LogP contribution in [0.3, 0.4) is 0 Å². The van der Waals surface area contributed by atoms with Crippen molar-refractivity contribution in [3.63, 3.8) is 0 Å². The molecule has 1 aromatic heterocycles. The van der Waals surface area contributed by atoms with E-state index in [4.69, 9.17) is 5.11 Å². The lowest BCUT2D eigenvalue weighted by Crippen LogP contribution is -2.14. The number of aromatic hydroxyl groups is 1. The van der Waals surface area contributed by atoms with Gasteiger partial charge in [0, 0.05) is 0 Å². The first-order valence-corrected chi connectivity index (χ1v) is 3.87. The average Bonchev–Trinajstić information content (AvgIpc) is 2.14. The molecule has 1 aromatic rings. The number of nitro groups is 1. The maximum Gasteiger partial charge on any atom is 0.425 e. The minimum absolute atomic E-state index is 0.175. The van der Waals surface area contributed by atoms with E-state index in [0.717, 1.165) is 0 Å². The van der Waals surface area contributed by atoms with E-state index in [-0.39, 0.29) is 6.20 Å². The summed E-state index contributed by atoms with van der Waals surface area (Å²) in [5.74, 6) is -3.22. The zero-order valence-electron chi connectivity index (χ0n) is 7.70. The Labute approximate surface area is 89.7 Å². The Bertz CT molecular complexity index is 460. The van der Waals surface area contributed by atoms with E-state index in [1.165, 1.54) is 0 Å². The van der Waals surface area contributed by atoms with Crippen molar-refractivity contribution in [1.29, 1.82) is 0 Å². The number of rotatable bonds is 2. The van der Waals surface area contributed by atoms with Crippen LogP contribution in [0.25, 0.3) is 0 Å². The van der Waals surface area contributed by atoms with Gasteiger partial charge < -0.3 is 15.2 Å². The van der Waals surface area contributed by atoms with E-state index < -0.39 is 40.2 Å². The van der Waals surface area contributed by atoms with E-state index >= 15 is 0 Å². The van der Waals surface area contributed by atoms with Gasteiger partial charge in [0.15, 0.2) is 17.5 Å². The van der Waals surface area contributed by atoms with Crippen molar-refractivity contribution < 1.29 is 32.0 Å². The van der Waals surface area contributed by atoms with E-state index in [2.05, 4.69) is 4.98 Å². The van der Waals surface area contributed by atoms with Crippen molar-refractivity contribution in [2.45, 2.75) is 12.6 Å². The van der Waals surface area contributed by atoms with Gasteiger partial charge in [0.05, 0.1) is 5.56 Å². The standard InChI is InChI=1S/C7H3F5N2O3/c8-5(9)3-2(15)1-13-6(14(16)17)4(3)7(10,11)12/h1,5,15H. The second-order valence-corrected chi connectivity index (χ2v) is 2.81. The van der Waals surface area contributed by atoms with Gasteiger partial charge in [-0.25, -0.2) is 8.78 Å². The van der Waals surface area contributed by atoms with Crippen LogP contribution in [0.5, 0.6) is 5.75 Å². The maximum atomic E-state index is 12.4. The summed E-state index contributed by atoms with van der Waals surface area (Å²) >= 11 is 0. The van der Waals surface area contributed by atoms with Gasteiger partial charge in [0.25, 0.3) is 6.43 Å². The highest BCUT2D eigenvalue weighted by Gasteiger charge is 2.45.